The maximum Gasteiger partial charge on any atom is 0.326 e. The lowest BCUT2D eigenvalue weighted by Gasteiger charge is -2.21. The number of aliphatic hydroxyl groups is 1. The van der Waals surface area contributed by atoms with Crippen molar-refractivity contribution in [1.82, 2.24) is 10.2 Å². The summed E-state index contributed by atoms with van der Waals surface area (Å²) >= 11 is 0. The zero-order valence-corrected chi connectivity index (χ0v) is 10.6. The molecule has 0 aliphatic carbocycles. The molecule has 104 valence electrons. The number of rotatable bonds is 5. The van der Waals surface area contributed by atoms with Gasteiger partial charge in [0, 0.05) is 19.5 Å². The Morgan fingerprint density at radius 3 is 2.72 bits per heavy atom. The average Bonchev–Trinajstić information content (AvgIpc) is 2.66. The molecule has 3 N–H and O–H groups in total. The van der Waals surface area contributed by atoms with Gasteiger partial charge in [-0.15, -0.1) is 0 Å². The standard InChI is InChI=1S/C11H20N2O5/c1-7(2)18-4-3-12-11(17)13-6-8(14)5-9(13)10(15)16/h7-9,14H,3-6H2,1-2H3,(H,12,17)(H,15,16)/t8-,9-/m1/s1. The van der Waals surface area contributed by atoms with Crippen LogP contribution in [0.2, 0.25) is 0 Å². The summed E-state index contributed by atoms with van der Waals surface area (Å²) in [6.07, 6.45) is -0.614. The first-order chi connectivity index (χ1) is 8.41. The highest BCUT2D eigenvalue weighted by Crippen LogP contribution is 2.17. The molecule has 7 heteroatoms. The molecule has 2 amide bonds. The van der Waals surface area contributed by atoms with E-state index >= 15 is 0 Å². The quantitative estimate of drug-likeness (QED) is 0.586. The highest BCUT2D eigenvalue weighted by molar-refractivity contribution is 5.83. The Morgan fingerprint density at radius 1 is 1.50 bits per heavy atom. The van der Waals surface area contributed by atoms with E-state index in [1.807, 2.05) is 13.8 Å². The molecule has 0 saturated carbocycles. The number of amides is 2. The molecule has 1 fully saturated rings. The number of β-amino-alcohol motifs (C(OH)–C–C–N with tert-alkyl or cyclic N) is 1. The van der Waals surface area contributed by atoms with Gasteiger partial charge in [-0.2, -0.15) is 0 Å². The lowest BCUT2D eigenvalue weighted by atomic mass is 10.2. The van der Waals surface area contributed by atoms with Gasteiger partial charge in [-0.05, 0) is 13.8 Å². The molecule has 1 aliphatic rings. The zero-order valence-electron chi connectivity index (χ0n) is 10.6. The van der Waals surface area contributed by atoms with Gasteiger partial charge in [0.1, 0.15) is 6.04 Å². The third kappa shape index (κ3) is 4.15. The maximum absolute atomic E-state index is 11.7. The minimum absolute atomic E-state index is 0.0494. The predicted octanol–water partition coefficient (Wildman–Crippen LogP) is -0.359. The first-order valence-electron chi connectivity index (χ1n) is 5.98. The summed E-state index contributed by atoms with van der Waals surface area (Å²) in [6.45, 7) is 4.51. The summed E-state index contributed by atoms with van der Waals surface area (Å²) in [5.41, 5.74) is 0. The zero-order chi connectivity index (χ0) is 13.7. The van der Waals surface area contributed by atoms with Crippen LogP contribution in [0.5, 0.6) is 0 Å². The molecule has 0 aromatic carbocycles. The molecule has 0 aromatic rings. The van der Waals surface area contributed by atoms with Crippen molar-refractivity contribution in [3.63, 3.8) is 0 Å². The smallest absolute Gasteiger partial charge is 0.326 e. The lowest BCUT2D eigenvalue weighted by Crippen LogP contribution is -2.47. The van der Waals surface area contributed by atoms with E-state index < -0.39 is 24.1 Å². The molecule has 1 saturated heterocycles. The number of carboxylic acids is 1. The van der Waals surface area contributed by atoms with Crippen molar-refractivity contribution in [2.45, 2.75) is 38.5 Å². The van der Waals surface area contributed by atoms with E-state index in [2.05, 4.69) is 5.32 Å². The summed E-state index contributed by atoms with van der Waals surface area (Å²) < 4.78 is 5.25. The van der Waals surface area contributed by atoms with Crippen LogP contribution in [0.25, 0.3) is 0 Å². The fourth-order valence-electron chi connectivity index (χ4n) is 1.83. The summed E-state index contributed by atoms with van der Waals surface area (Å²) in [6, 6.07) is -1.43. The average molecular weight is 260 g/mol. The van der Waals surface area contributed by atoms with E-state index in [0.29, 0.717) is 13.2 Å². The number of aliphatic carboxylic acids is 1. The number of carboxylic acid groups (broad SMARTS) is 1. The van der Waals surface area contributed by atoms with Gasteiger partial charge in [0.2, 0.25) is 0 Å². The fourth-order valence-corrected chi connectivity index (χ4v) is 1.83. The first-order valence-corrected chi connectivity index (χ1v) is 5.98. The van der Waals surface area contributed by atoms with Crippen molar-refractivity contribution < 1.29 is 24.5 Å². The number of urea groups is 1. The van der Waals surface area contributed by atoms with Crippen LogP contribution in [-0.4, -0.2) is 65.1 Å². The molecular formula is C11H20N2O5. The molecule has 0 unspecified atom stereocenters. The number of nitrogens with one attached hydrogen (secondary N) is 1. The number of likely N-dealkylation sites (tertiary alicyclic amines) is 1. The molecule has 18 heavy (non-hydrogen) atoms. The Kier molecular flexibility index (Phi) is 5.36. The van der Waals surface area contributed by atoms with Crippen LogP contribution in [0.3, 0.4) is 0 Å². The summed E-state index contributed by atoms with van der Waals surface area (Å²) in [5.74, 6) is -1.10. The normalized spacial score (nSPS) is 23.4. The molecule has 7 nitrogen and oxygen atoms in total. The van der Waals surface area contributed by atoms with Gasteiger partial charge in [0.15, 0.2) is 0 Å². The minimum Gasteiger partial charge on any atom is -0.480 e. The van der Waals surface area contributed by atoms with E-state index in [1.54, 1.807) is 0 Å². The van der Waals surface area contributed by atoms with Crippen molar-refractivity contribution in [2.24, 2.45) is 0 Å². The molecular weight excluding hydrogens is 240 g/mol. The minimum atomic E-state index is -1.10. The summed E-state index contributed by atoms with van der Waals surface area (Å²) in [4.78, 5) is 23.8. The van der Waals surface area contributed by atoms with Crippen molar-refractivity contribution in [3.8, 4) is 0 Å². The Hall–Kier alpha value is -1.34. The third-order valence-corrected chi connectivity index (χ3v) is 2.65. The summed E-state index contributed by atoms with van der Waals surface area (Å²) in [7, 11) is 0. The molecule has 1 aliphatic heterocycles. The second-order valence-corrected chi connectivity index (χ2v) is 4.55. The van der Waals surface area contributed by atoms with Crippen LogP contribution in [0, 0.1) is 0 Å². The van der Waals surface area contributed by atoms with Gasteiger partial charge < -0.3 is 25.2 Å². The molecule has 0 aromatic heterocycles. The Bertz CT molecular complexity index is 308. The SMILES string of the molecule is CC(C)OCCNC(=O)N1C[C@H](O)C[C@@H]1C(=O)O. The van der Waals surface area contributed by atoms with Crippen LogP contribution in [0.4, 0.5) is 4.79 Å². The van der Waals surface area contributed by atoms with Gasteiger partial charge in [-0.1, -0.05) is 0 Å². The number of carbonyl (C=O) groups is 2. The van der Waals surface area contributed by atoms with Crippen LogP contribution < -0.4 is 5.32 Å². The Balaban J connectivity index is 2.38. The maximum atomic E-state index is 11.7. The number of nitrogens with zero attached hydrogens (tertiary/aromatic N) is 1. The second-order valence-electron chi connectivity index (χ2n) is 4.55. The van der Waals surface area contributed by atoms with Gasteiger partial charge in [-0.3, -0.25) is 0 Å². The first kappa shape index (κ1) is 14.7. The largest absolute Gasteiger partial charge is 0.480 e. The van der Waals surface area contributed by atoms with Crippen LogP contribution in [-0.2, 0) is 9.53 Å². The number of carbonyl (C=O) groups excluding carboxylic acids is 1. The predicted molar refractivity (Wildman–Crippen MR) is 63.2 cm³/mol. The molecule has 0 spiro atoms. The van der Waals surface area contributed by atoms with Crippen LogP contribution >= 0.6 is 0 Å². The van der Waals surface area contributed by atoms with Gasteiger partial charge in [0.05, 0.1) is 18.8 Å². The van der Waals surface area contributed by atoms with Crippen LogP contribution in [0.1, 0.15) is 20.3 Å². The van der Waals surface area contributed by atoms with E-state index in [1.165, 1.54) is 0 Å². The molecule has 0 bridgehead atoms. The Morgan fingerprint density at radius 2 is 2.17 bits per heavy atom. The number of aliphatic hydroxyl groups excluding tert-OH is 1. The second kappa shape index (κ2) is 6.55. The molecule has 0 radical (unpaired) electrons. The van der Waals surface area contributed by atoms with Crippen molar-refractivity contribution >= 4 is 12.0 Å². The highest BCUT2D eigenvalue weighted by Gasteiger charge is 2.38. The molecule has 1 heterocycles. The van der Waals surface area contributed by atoms with E-state index in [0.717, 1.165) is 4.90 Å². The van der Waals surface area contributed by atoms with Gasteiger partial charge in [0.25, 0.3) is 0 Å². The third-order valence-electron chi connectivity index (χ3n) is 2.65. The van der Waals surface area contributed by atoms with Crippen molar-refractivity contribution in [2.75, 3.05) is 19.7 Å². The van der Waals surface area contributed by atoms with Crippen molar-refractivity contribution in [3.05, 3.63) is 0 Å². The topological polar surface area (TPSA) is 99.1 Å². The van der Waals surface area contributed by atoms with Crippen molar-refractivity contribution in [1.29, 1.82) is 0 Å². The fraction of sp³-hybridized carbons (Fsp3) is 0.818. The lowest BCUT2D eigenvalue weighted by molar-refractivity contribution is -0.141. The van der Waals surface area contributed by atoms with Gasteiger partial charge in [-0.25, -0.2) is 9.59 Å². The molecule has 1 rings (SSSR count). The molecule has 2 atom stereocenters. The van der Waals surface area contributed by atoms with Gasteiger partial charge >= 0.3 is 12.0 Å². The number of ether oxygens (including phenoxy) is 1. The van der Waals surface area contributed by atoms with E-state index in [4.69, 9.17) is 9.84 Å². The monoisotopic (exact) mass is 260 g/mol. The number of hydrogen-bond acceptors (Lipinski definition) is 4. The van der Waals surface area contributed by atoms with Crippen LogP contribution in [0.15, 0.2) is 0 Å². The van der Waals surface area contributed by atoms with E-state index in [9.17, 15) is 14.7 Å². The Labute approximate surface area is 106 Å². The number of hydrogen-bond donors (Lipinski definition) is 3. The highest BCUT2D eigenvalue weighted by atomic mass is 16.5. The van der Waals surface area contributed by atoms with E-state index in [-0.39, 0.29) is 19.1 Å². The summed E-state index contributed by atoms with van der Waals surface area (Å²) in [5, 5.41) is 20.9.